The maximum absolute atomic E-state index is 13.7. The second-order valence-electron chi connectivity index (χ2n) is 8.60. The number of rotatable bonds is 8. The van der Waals surface area contributed by atoms with Crippen LogP contribution in [0.3, 0.4) is 0 Å². The van der Waals surface area contributed by atoms with E-state index in [4.69, 9.17) is 22.1 Å². The lowest BCUT2D eigenvalue weighted by molar-refractivity contribution is 0.256. The first-order valence-electron chi connectivity index (χ1n) is 11.7. The molecular formula is C28H34ClN3O2. The van der Waals surface area contributed by atoms with Gasteiger partial charge in [0.2, 0.25) is 0 Å². The molecule has 0 fully saturated rings. The standard InChI is InChI=1S/C28H34ClN3O2/c1-6-23-25(29)16-26(30)24(7-2)27(23)31-28(33)32(17-19-8-14-22(34-5)15-9-19)21-12-10-20(11-13-21)18(3)4/h8-16,18H,6-7,17,30H2,1-5H3,(H,31,33). The molecule has 6 heteroatoms. The van der Waals surface area contributed by atoms with Crippen LogP contribution < -0.4 is 20.7 Å². The second-order valence-corrected chi connectivity index (χ2v) is 9.00. The number of nitrogens with zero attached hydrogens (tertiary/aromatic N) is 1. The van der Waals surface area contributed by atoms with Crippen molar-refractivity contribution < 1.29 is 9.53 Å². The summed E-state index contributed by atoms with van der Waals surface area (Å²) in [4.78, 5) is 15.5. The highest BCUT2D eigenvalue weighted by atomic mass is 35.5. The van der Waals surface area contributed by atoms with Crippen molar-refractivity contribution in [2.24, 2.45) is 0 Å². The number of nitrogens with one attached hydrogen (secondary N) is 1. The smallest absolute Gasteiger partial charge is 0.326 e. The summed E-state index contributed by atoms with van der Waals surface area (Å²) in [5, 5.41) is 3.70. The number of methoxy groups -OCH3 is 1. The molecule has 5 nitrogen and oxygen atoms in total. The highest BCUT2D eigenvalue weighted by molar-refractivity contribution is 6.32. The fourth-order valence-corrected chi connectivity index (χ4v) is 4.39. The zero-order chi connectivity index (χ0) is 24.8. The van der Waals surface area contributed by atoms with Gasteiger partial charge in [-0.15, -0.1) is 0 Å². The summed E-state index contributed by atoms with van der Waals surface area (Å²) >= 11 is 6.49. The lowest BCUT2D eigenvalue weighted by Gasteiger charge is -2.26. The fourth-order valence-electron chi connectivity index (χ4n) is 4.04. The number of halogens is 1. The Labute approximate surface area is 207 Å². The van der Waals surface area contributed by atoms with E-state index in [9.17, 15) is 4.79 Å². The van der Waals surface area contributed by atoms with E-state index in [1.165, 1.54) is 5.56 Å². The molecule has 0 spiro atoms. The van der Waals surface area contributed by atoms with E-state index < -0.39 is 0 Å². The van der Waals surface area contributed by atoms with Gasteiger partial charge in [-0.1, -0.05) is 63.6 Å². The van der Waals surface area contributed by atoms with Crippen LogP contribution in [0.25, 0.3) is 0 Å². The maximum atomic E-state index is 13.7. The Balaban J connectivity index is 2.01. The Kier molecular flexibility index (Phi) is 8.46. The molecule has 3 aromatic rings. The first-order chi connectivity index (χ1) is 16.3. The van der Waals surface area contributed by atoms with Crippen molar-refractivity contribution in [3.63, 3.8) is 0 Å². The quantitative estimate of drug-likeness (QED) is 0.330. The third-order valence-electron chi connectivity index (χ3n) is 6.08. The van der Waals surface area contributed by atoms with Gasteiger partial charge in [0.25, 0.3) is 0 Å². The van der Waals surface area contributed by atoms with Gasteiger partial charge in [-0.2, -0.15) is 0 Å². The normalized spacial score (nSPS) is 10.9. The summed E-state index contributed by atoms with van der Waals surface area (Å²) in [5.41, 5.74) is 12.3. The number of benzene rings is 3. The summed E-state index contributed by atoms with van der Waals surface area (Å²) in [6.07, 6.45) is 1.37. The molecule has 0 bridgehead atoms. The summed E-state index contributed by atoms with van der Waals surface area (Å²) in [6, 6.07) is 17.4. The van der Waals surface area contributed by atoms with Crippen LogP contribution in [0.4, 0.5) is 21.9 Å². The Morgan fingerprint density at radius 1 is 1.03 bits per heavy atom. The molecule has 0 heterocycles. The number of ether oxygens (including phenoxy) is 1. The van der Waals surface area contributed by atoms with E-state index in [0.29, 0.717) is 41.7 Å². The minimum absolute atomic E-state index is 0.237. The highest BCUT2D eigenvalue weighted by Gasteiger charge is 2.21. The average Bonchev–Trinajstić information content (AvgIpc) is 2.83. The minimum Gasteiger partial charge on any atom is -0.497 e. The molecule has 0 aromatic heterocycles. The van der Waals surface area contributed by atoms with Crippen molar-refractivity contribution in [2.45, 2.75) is 53.0 Å². The van der Waals surface area contributed by atoms with E-state index >= 15 is 0 Å². The zero-order valence-corrected chi connectivity index (χ0v) is 21.4. The molecular weight excluding hydrogens is 446 g/mol. The Morgan fingerprint density at radius 2 is 1.65 bits per heavy atom. The topological polar surface area (TPSA) is 67.6 Å². The van der Waals surface area contributed by atoms with Crippen LogP contribution in [0.1, 0.15) is 55.9 Å². The van der Waals surface area contributed by atoms with Gasteiger partial charge in [0, 0.05) is 16.4 Å². The van der Waals surface area contributed by atoms with Gasteiger partial charge in [0.15, 0.2) is 0 Å². The number of nitrogens with two attached hydrogens (primary N) is 1. The first kappa shape index (κ1) is 25.4. The number of urea groups is 1. The van der Waals surface area contributed by atoms with Crippen molar-refractivity contribution in [2.75, 3.05) is 23.1 Å². The van der Waals surface area contributed by atoms with Crippen LogP contribution in [0.5, 0.6) is 5.75 Å². The van der Waals surface area contributed by atoms with Crippen LogP contribution in [0.2, 0.25) is 5.02 Å². The van der Waals surface area contributed by atoms with Crippen LogP contribution in [0.15, 0.2) is 54.6 Å². The average molecular weight is 480 g/mol. The van der Waals surface area contributed by atoms with E-state index in [0.717, 1.165) is 28.1 Å². The summed E-state index contributed by atoms with van der Waals surface area (Å²) in [6.45, 7) is 8.74. The zero-order valence-electron chi connectivity index (χ0n) is 20.6. The predicted octanol–water partition coefficient (Wildman–Crippen LogP) is 7.42. The largest absolute Gasteiger partial charge is 0.497 e. The van der Waals surface area contributed by atoms with Crippen molar-refractivity contribution in [3.05, 3.63) is 81.9 Å². The number of anilines is 3. The molecule has 34 heavy (non-hydrogen) atoms. The maximum Gasteiger partial charge on any atom is 0.326 e. The number of amides is 2. The van der Waals surface area contributed by atoms with E-state index in [-0.39, 0.29) is 6.03 Å². The van der Waals surface area contributed by atoms with Gasteiger partial charge in [0.1, 0.15) is 5.75 Å². The monoisotopic (exact) mass is 479 g/mol. The first-order valence-corrected chi connectivity index (χ1v) is 12.1. The molecule has 3 rings (SSSR count). The van der Waals surface area contributed by atoms with Gasteiger partial charge >= 0.3 is 6.03 Å². The molecule has 0 aliphatic carbocycles. The molecule has 2 amide bonds. The van der Waals surface area contributed by atoms with Gasteiger partial charge in [-0.25, -0.2) is 4.79 Å². The number of hydrogen-bond donors (Lipinski definition) is 2. The predicted molar refractivity (Wildman–Crippen MR) is 143 cm³/mol. The fraction of sp³-hybridized carbons (Fsp3) is 0.321. The number of hydrogen-bond acceptors (Lipinski definition) is 3. The summed E-state index contributed by atoms with van der Waals surface area (Å²) < 4.78 is 5.28. The third kappa shape index (κ3) is 5.65. The van der Waals surface area contributed by atoms with E-state index in [1.807, 2.05) is 50.2 Å². The minimum atomic E-state index is -0.237. The highest BCUT2D eigenvalue weighted by Crippen LogP contribution is 2.35. The lowest BCUT2D eigenvalue weighted by Crippen LogP contribution is -2.35. The van der Waals surface area contributed by atoms with Gasteiger partial charge in [-0.3, -0.25) is 4.90 Å². The van der Waals surface area contributed by atoms with Crippen molar-refractivity contribution in [3.8, 4) is 5.75 Å². The van der Waals surface area contributed by atoms with Crippen LogP contribution in [-0.2, 0) is 19.4 Å². The van der Waals surface area contributed by atoms with Crippen molar-refractivity contribution in [1.29, 1.82) is 0 Å². The molecule has 0 atom stereocenters. The van der Waals surface area contributed by atoms with Gasteiger partial charge in [0.05, 0.1) is 19.3 Å². The molecule has 3 N–H and O–H groups in total. The molecule has 180 valence electrons. The summed E-state index contributed by atoms with van der Waals surface area (Å²) in [5.74, 6) is 1.18. The molecule has 0 aliphatic heterocycles. The van der Waals surface area contributed by atoms with E-state index in [2.05, 4.69) is 31.3 Å². The van der Waals surface area contributed by atoms with Gasteiger partial charge in [-0.05, 0) is 71.3 Å². The second kappa shape index (κ2) is 11.3. The van der Waals surface area contributed by atoms with Gasteiger partial charge < -0.3 is 15.8 Å². The van der Waals surface area contributed by atoms with Crippen LogP contribution in [0, 0.1) is 0 Å². The van der Waals surface area contributed by atoms with Crippen molar-refractivity contribution >= 4 is 34.7 Å². The number of carbonyl (C=O) groups excluding carboxylic acids is 1. The molecule has 0 saturated heterocycles. The molecule has 0 aliphatic rings. The Morgan fingerprint density at radius 3 is 2.18 bits per heavy atom. The molecule has 0 saturated carbocycles. The van der Waals surface area contributed by atoms with E-state index in [1.54, 1.807) is 18.1 Å². The molecule has 3 aromatic carbocycles. The number of carbonyl (C=O) groups is 1. The van der Waals surface area contributed by atoms with Crippen molar-refractivity contribution in [1.82, 2.24) is 0 Å². The molecule has 0 unspecified atom stereocenters. The van der Waals surface area contributed by atoms with Crippen LogP contribution in [-0.4, -0.2) is 13.1 Å². The third-order valence-corrected chi connectivity index (χ3v) is 6.42. The summed E-state index contributed by atoms with van der Waals surface area (Å²) in [7, 11) is 1.64. The van der Waals surface area contributed by atoms with Crippen LogP contribution >= 0.6 is 11.6 Å². The Bertz CT molecular complexity index is 1100. The lowest BCUT2D eigenvalue weighted by atomic mass is 10.0. The molecule has 0 radical (unpaired) electrons. The number of nitrogen functional groups attached to an aromatic ring is 1. The Hall–Kier alpha value is -3.18. The SMILES string of the molecule is CCc1c(N)cc(Cl)c(CC)c1NC(=O)N(Cc1ccc(OC)cc1)c1ccc(C(C)C)cc1.